The SMILES string of the molecule is COc1nc(OCc2cccc(-c3cccc(COc4ccc(CN5CC[C@@H](NC(C)=O)C5)c(OC)n4)c3C)c2C)ccc1CN1CC[C@@H](NC(C)=O)C1. The smallest absolute Gasteiger partial charge is 0.220 e. The third kappa shape index (κ3) is 9.66. The van der Waals surface area contributed by atoms with Crippen LogP contribution in [-0.2, 0) is 35.9 Å². The fourth-order valence-corrected chi connectivity index (χ4v) is 7.47. The fraction of sp³-hybridized carbons (Fsp3) is 0.429. The molecule has 0 unspecified atom stereocenters. The summed E-state index contributed by atoms with van der Waals surface area (Å²) in [5, 5.41) is 6.03. The molecular formula is C42H52N6O6. The van der Waals surface area contributed by atoms with Crippen molar-refractivity contribution in [1.29, 1.82) is 0 Å². The number of carbonyl (C=O) groups is 2. The average Bonchev–Trinajstić information content (AvgIpc) is 3.79. The number of pyridine rings is 2. The van der Waals surface area contributed by atoms with Crippen LogP contribution in [0.15, 0.2) is 60.7 Å². The molecule has 0 radical (unpaired) electrons. The Morgan fingerprint density at radius 2 is 1.07 bits per heavy atom. The number of ether oxygens (including phenoxy) is 4. The van der Waals surface area contributed by atoms with E-state index in [4.69, 9.17) is 18.9 Å². The van der Waals surface area contributed by atoms with Crippen LogP contribution < -0.4 is 29.6 Å². The van der Waals surface area contributed by atoms with Gasteiger partial charge in [-0.1, -0.05) is 36.4 Å². The molecule has 2 saturated heterocycles. The number of carbonyl (C=O) groups excluding carboxylic acids is 2. The van der Waals surface area contributed by atoms with Crippen molar-refractivity contribution in [3.05, 3.63) is 94.0 Å². The van der Waals surface area contributed by atoms with E-state index < -0.39 is 0 Å². The zero-order valence-electron chi connectivity index (χ0n) is 32.2. The van der Waals surface area contributed by atoms with Crippen LogP contribution in [0.5, 0.6) is 23.5 Å². The van der Waals surface area contributed by atoms with Gasteiger partial charge in [-0.05, 0) is 72.2 Å². The molecule has 2 aliphatic rings. The maximum absolute atomic E-state index is 11.5. The number of hydrogen-bond donors (Lipinski definition) is 2. The van der Waals surface area contributed by atoms with Gasteiger partial charge in [0.05, 0.1) is 14.2 Å². The van der Waals surface area contributed by atoms with Crippen LogP contribution in [0.4, 0.5) is 0 Å². The molecule has 2 aromatic carbocycles. The lowest BCUT2D eigenvalue weighted by atomic mass is 9.92. The number of aromatic nitrogens is 2. The summed E-state index contributed by atoms with van der Waals surface area (Å²) in [7, 11) is 3.25. The number of nitrogens with one attached hydrogen (secondary N) is 2. The predicted octanol–water partition coefficient (Wildman–Crippen LogP) is 5.36. The number of hydrogen-bond acceptors (Lipinski definition) is 10. The fourth-order valence-electron chi connectivity index (χ4n) is 7.47. The van der Waals surface area contributed by atoms with Gasteiger partial charge >= 0.3 is 0 Å². The number of nitrogens with zero attached hydrogens (tertiary/aromatic N) is 4. The van der Waals surface area contributed by atoms with Crippen molar-refractivity contribution in [3.8, 4) is 34.6 Å². The van der Waals surface area contributed by atoms with Gasteiger partial charge in [0, 0.05) is 88.5 Å². The molecule has 0 aliphatic carbocycles. The zero-order chi connectivity index (χ0) is 38.2. The molecule has 2 atom stereocenters. The van der Waals surface area contributed by atoms with Gasteiger partial charge < -0.3 is 29.6 Å². The van der Waals surface area contributed by atoms with Crippen molar-refractivity contribution in [2.24, 2.45) is 0 Å². The summed E-state index contributed by atoms with van der Waals surface area (Å²) in [4.78, 5) is 36.9. The van der Waals surface area contributed by atoms with Crippen LogP contribution in [0.1, 0.15) is 60.1 Å². The number of rotatable bonds is 15. The third-order valence-electron chi connectivity index (χ3n) is 10.3. The number of amides is 2. The summed E-state index contributed by atoms with van der Waals surface area (Å²) in [6, 6.07) is 20.7. The Hall–Kier alpha value is -5.20. The molecule has 2 fully saturated rings. The molecule has 6 rings (SSSR count). The molecule has 0 spiro atoms. The number of methoxy groups -OCH3 is 2. The second-order valence-electron chi connectivity index (χ2n) is 14.2. The van der Waals surface area contributed by atoms with Crippen LogP contribution >= 0.6 is 0 Å². The molecule has 2 amide bonds. The highest BCUT2D eigenvalue weighted by Gasteiger charge is 2.25. The largest absolute Gasteiger partial charge is 0.481 e. The van der Waals surface area contributed by atoms with Crippen LogP contribution in [0.2, 0.25) is 0 Å². The molecule has 12 nitrogen and oxygen atoms in total. The van der Waals surface area contributed by atoms with Crippen LogP contribution in [0.25, 0.3) is 11.1 Å². The molecule has 0 saturated carbocycles. The van der Waals surface area contributed by atoms with Gasteiger partial charge in [-0.25, -0.2) is 0 Å². The first-order valence-corrected chi connectivity index (χ1v) is 18.6. The molecule has 4 aromatic rings. The number of benzene rings is 2. The lowest BCUT2D eigenvalue weighted by Crippen LogP contribution is -2.35. The normalized spacial score (nSPS) is 17.3. The van der Waals surface area contributed by atoms with Crippen molar-refractivity contribution < 1.29 is 28.5 Å². The number of likely N-dealkylation sites (tertiary alicyclic amines) is 2. The Kier molecular flexibility index (Phi) is 12.7. The minimum absolute atomic E-state index is 0.00372. The monoisotopic (exact) mass is 736 g/mol. The Labute approximate surface area is 318 Å². The van der Waals surface area contributed by atoms with E-state index in [1.54, 1.807) is 28.1 Å². The first kappa shape index (κ1) is 38.5. The minimum Gasteiger partial charge on any atom is -0.481 e. The van der Waals surface area contributed by atoms with Crippen LogP contribution in [0.3, 0.4) is 0 Å². The second-order valence-corrected chi connectivity index (χ2v) is 14.2. The predicted molar refractivity (Wildman–Crippen MR) is 207 cm³/mol. The molecule has 12 heteroatoms. The van der Waals surface area contributed by atoms with E-state index in [0.717, 1.165) is 83.5 Å². The molecular weight excluding hydrogens is 684 g/mol. The van der Waals surface area contributed by atoms with E-state index in [-0.39, 0.29) is 23.9 Å². The topological polar surface area (TPSA) is 127 Å². The molecule has 286 valence electrons. The van der Waals surface area contributed by atoms with Gasteiger partial charge in [0.1, 0.15) is 13.2 Å². The van der Waals surface area contributed by atoms with Crippen molar-refractivity contribution in [3.63, 3.8) is 0 Å². The highest BCUT2D eigenvalue weighted by molar-refractivity contribution is 5.74. The average molecular weight is 737 g/mol. The quantitative estimate of drug-likeness (QED) is 0.165. The summed E-state index contributed by atoms with van der Waals surface area (Å²) in [6.07, 6.45) is 1.86. The lowest BCUT2D eigenvalue weighted by Gasteiger charge is -2.19. The first-order valence-electron chi connectivity index (χ1n) is 18.6. The molecule has 4 heterocycles. The summed E-state index contributed by atoms with van der Waals surface area (Å²) in [5.41, 5.74) is 8.62. The molecule has 2 N–H and O–H groups in total. The lowest BCUT2D eigenvalue weighted by molar-refractivity contribution is -0.120. The Balaban J connectivity index is 1.08. The Bertz CT molecular complexity index is 1810. The minimum atomic E-state index is 0.00372. The highest BCUT2D eigenvalue weighted by atomic mass is 16.5. The van der Waals surface area contributed by atoms with Crippen molar-refractivity contribution in [2.75, 3.05) is 40.4 Å². The standard InChI is InChI=1S/C42H52N6O6/c1-27-33(25-53-39-15-13-31(41(45-39)51-5)21-47-19-17-35(23-47)43-29(3)49)9-7-11-37(27)38-12-8-10-34(28(38)2)26-54-40-16-14-32(42(46-40)52-6)22-48-20-18-36(24-48)44-30(4)50/h7-16,35-36H,17-26H2,1-6H3,(H,43,49)(H,44,50)/t35-,36-/m1/s1. The van der Waals surface area contributed by atoms with Gasteiger partial charge in [0.25, 0.3) is 0 Å². The summed E-state index contributed by atoms with van der Waals surface area (Å²) in [6.45, 7) is 12.9. The van der Waals surface area contributed by atoms with Crippen LogP contribution in [-0.4, -0.2) is 84.1 Å². The van der Waals surface area contributed by atoms with E-state index in [2.05, 4.69) is 80.6 Å². The maximum atomic E-state index is 11.5. The Morgan fingerprint density at radius 1 is 0.648 bits per heavy atom. The van der Waals surface area contributed by atoms with E-state index >= 15 is 0 Å². The van der Waals surface area contributed by atoms with E-state index in [9.17, 15) is 9.59 Å². The molecule has 54 heavy (non-hydrogen) atoms. The summed E-state index contributed by atoms with van der Waals surface area (Å²) in [5.74, 6) is 2.09. The van der Waals surface area contributed by atoms with Gasteiger partial charge in [0.2, 0.25) is 35.3 Å². The molecule has 0 bridgehead atoms. The summed E-state index contributed by atoms with van der Waals surface area (Å²) >= 11 is 0. The highest BCUT2D eigenvalue weighted by Crippen LogP contribution is 2.32. The molecule has 2 aromatic heterocycles. The first-order chi connectivity index (χ1) is 26.1. The third-order valence-corrected chi connectivity index (χ3v) is 10.3. The summed E-state index contributed by atoms with van der Waals surface area (Å²) < 4.78 is 23.7. The van der Waals surface area contributed by atoms with Crippen molar-refractivity contribution >= 4 is 11.8 Å². The van der Waals surface area contributed by atoms with Gasteiger partial charge in [0.15, 0.2) is 0 Å². The maximum Gasteiger partial charge on any atom is 0.220 e. The van der Waals surface area contributed by atoms with E-state index in [1.807, 2.05) is 24.3 Å². The second kappa shape index (κ2) is 17.7. The van der Waals surface area contributed by atoms with Crippen LogP contribution in [0, 0.1) is 13.8 Å². The van der Waals surface area contributed by atoms with E-state index in [0.29, 0.717) is 49.8 Å². The Morgan fingerprint density at radius 3 is 1.46 bits per heavy atom. The van der Waals surface area contributed by atoms with Gasteiger partial charge in [-0.3, -0.25) is 19.4 Å². The zero-order valence-corrected chi connectivity index (χ0v) is 32.2. The van der Waals surface area contributed by atoms with E-state index in [1.165, 1.54) is 0 Å². The van der Waals surface area contributed by atoms with Crippen molar-refractivity contribution in [1.82, 2.24) is 30.4 Å². The molecule has 2 aliphatic heterocycles. The van der Waals surface area contributed by atoms with Gasteiger partial charge in [-0.15, -0.1) is 0 Å². The van der Waals surface area contributed by atoms with Gasteiger partial charge in [-0.2, -0.15) is 9.97 Å². The van der Waals surface area contributed by atoms with Crippen molar-refractivity contribution in [2.45, 2.75) is 78.9 Å².